The second-order valence-corrected chi connectivity index (χ2v) is 6.38. The molecule has 1 atom stereocenters. The fourth-order valence-electron chi connectivity index (χ4n) is 2.00. The van der Waals surface area contributed by atoms with E-state index in [0.29, 0.717) is 18.2 Å². The standard InChI is InChI=1S/C12H24N4O2S/c1-4-9(5-2)10(13)7-15-19(17,18)12-8-14-11(6-3)16-12/h8-10,15H,4-7,13H2,1-3H3,(H,14,16). The van der Waals surface area contributed by atoms with Crippen LogP contribution in [0.15, 0.2) is 11.2 Å². The first-order valence-electron chi connectivity index (χ1n) is 6.73. The Morgan fingerprint density at radius 2 is 2.00 bits per heavy atom. The number of aryl methyl sites for hydroxylation is 1. The molecule has 6 nitrogen and oxygen atoms in total. The van der Waals surface area contributed by atoms with Crippen LogP contribution in [-0.4, -0.2) is 31.0 Å². The summed E-state index contributed by atoms with van der Waals surface area (Å²) in [6.07, 6.45) is 3.90. The normalized spacial score (nSPS) is 13.9. The van der Waals surface area contributed by atoms with E-state index in [1.807, 2.05) is 6.92 Å². The van der Waals surface area contributed by atoms with Crippen molar-refractivity contribution < 1.29 is 8.42 Å². The molecule has 19 heavy (non-hydrogen) atoms. The number of nitrogens with one attached hydrogen (secondary N) is 2. The van der Waals surface area contributed by atoms with Gasteiger partial charge in [0, 0.05) is 19.0 Å². The van der Waals surface area contributed by atoms with Gasteiger partial charge < -0.3 is 10.7 Å². The van der Waals surface area contributed by atoms with Crippen molar-refractivity contribution in [2.24, 2.45) is 11.7 Å². The van der Waals surface area contributed by atoms with Gasteiger partial charge in [-0.3, -0.25) is 0 Å². The van der Waals surface area contributed by atoms with Gasteiger partial charge in [-0.1, -0.05) is 33.6 Å². The summed E-state index contributed by atoms with van der Waals surface area (Å²) in [7, 11) is -3.54. The molecule has 1 aromatic rings. The van der Waals surface area contributed by atoms with Crippen LogP contribution in [-0.2, 0) is 16.4 Å². The molecule has 1 heterocycles. The molecule has 0 aliphatic carbocycles. The molecule has 1 aromatic heterocycles. The number of hydrogen-bond donors (Lipinski definition) is 3. The van der Waals surface area contributed by atoms with Crippen LogP contribution in [0.25, 0.3) is 0 Å². The molecule has 0 aromatic carbocycles. The number of rotatable bonds is 8. The Labute approximate surface area is 115 Å². The van der Waals surface area contributed by atoms with Gasteiger partial charge in [0.2, 0.25) is 0 Å². The maximum atomic E-state index is 12.0. The number of nitrogens with two attached hydrogens (primary N) is 1. The van der Waals surface area contributed by atoms with Gasteiger partial charge in [0.25, 0.3) is 10.0 Å². The number of imidazole rings is 1. The van der Waals surface area contributed by atoms with E-state index in [1.54, 1.807) is 0 Å². The Bertz CT molecular complexity index is 480. The molecule has 1 unspecified atom stereocenters. The molecule has 0 amide bonds. The van der Waals surface area contributed by atoms with Crippen LogP contribution in [0.3, 0.4) is 0 Å². The molecule has 7 heteroatoms. The largest absolute Gasteiger partial charge is 0.332 e. The quantitative estimate of drug-likeness (QED) is 0.664. The number of H-pyrrole nitrogens is 1. The van der Waals surface area contributed by atoms with Crippen LogP contribution in [0.2, 0.25) is 0 Å². The molecule has 0 aliphatic heterocycles. The van der Waals surface area contributed by atoms with Gasteiger partial charge in [0.15, 0.2) is 5.03 Å². The number of aromatic nitrogens is 2. The van der Waals surface area contributed by atoms with Crippen molar-refractivity contribution in [3.05, 3.63) is 12.0 Å². The maximum Gasteiger partial charge on any atom is 0.257 e. The van der Waals surface area contributed by atoms with Crippen molar-refractivity contribution >= 4 is 10.0 Å². The highest BCUT2D eigenvalue weighted by Gasteiger charge is 2.20. The highest BCUT2D eigenvalue weighted by atomic mass is 32.2. The fraction of sp³-hybridized carbons (Fsp3) is 0.750. The summed E-state index contributed by atoms with van der Waals surface area (Å²) in [6, 6.07) is -0.168. The van der Waals surface area contributed by atoms with Crippen LogP contribution in [0.4, 0.5) is 0 Å². The lowest BCUT2D eigenvalue weighted by atomic mass is 9.95. The number of nitrogens with zero attached hydrogens (tertiary/aromatic N) is 1. The molecular formula is C12H24N4O2S. The number of sulfonamides is 1. The first-order valence-corrected chi connectivity index (χ1v) is 8.22. The predicted molar refractivity (Wildman–Crippen MR) is 75.2 cm³/mol. The monoisotopic (exact) mass is 288 g/mol. The topological polar surface area (TPSA) is 101 Å². The minimum Gasteiger partial charge on any atom is -0.332 e. The predicted octanol–water partition coefficient (Wildman–Crippen LogP) is 1.01. The second-order valence-electron chi connectivity index (χ2n) is 4.64. The van der Waals surface area contributed by atoms with E-state index in [4.69, 9.17) is 5.73 Å². The first kappa shape index (κ1) is 16.1. The van der Waals surface area contributed by atoms with Crippen molar-refractivity contribution in [3.8, 4) is 0 Å². The zero-order valence-corrected chi connectivity index (χ0v) is 12.6. The Morgan fingerprint density at radius 3 is 2.47 bits per heavy atom. The minimum atomic E-state index is -3.54. The van der Waals surface area contributed by atoms with Gasteiger partial charge in [-0.2, -0.15) is 0 Å². The third-order valence-electron chi connectivity index (χ3n) is 3.39. The number of hydrogen-bond acceptors (Lipinski definition) is 4. The molecule has 0 saturated carbocycles. The summed E-state index contributed by atoms with van der Waals surface area (Å²) in [6.45, 7) is 6.27. The molecule has 4 N–H and O–H groups in total. The molecule has 1 rings (SSSR count). The van der Waals surface area contributed by atoms with Gasteiger partial charge in [-0.05, 0) is 5.92 Å². The van der Waals surface area contributed by atoms with Gasteiger partial charge >= 0.3 is 0 Å². The van der Waals surface area contributed by atoms with Crippen LogP contribution in [0.5, 0.6) is 0 Å². The van der Waals surface area contributed by atoms with E-state index in [2.05, 4.69) is 28.5 Å². The van der Waals surface area contributed by atoms with Gasteiger partial charge in [0.1, 0.15) is 5.82 Å². The third-order valence-corrected chi connectivity index (χ3v) is 4.73. The summed E-state index contributed by atoms with van der Waals surface area (Å²) in [5, 5.41) is 0.0982. The lowest BCUT2D eigenvalue weighted by Gasteiger charge is -2.21. The molecule has 0 saturated heterocycles. The van der Waals surface area contributed by atoms with E-state index >= 15 is 0 Å². The fourth-order valence-corrected chi connectivity index (χ4v) is 3.02. The molecule has 0 aliphatic rings. The van der Waals surface area contributed by atoms with Crippen molar-refractivity contribution in [2.75, 3.05) is 6.54 Å². The average molecular weight is 288 g/mol. The molecule has 0 bridgehead atoms. The lowest BCUT2D eigenvalue weighted by molar-refractivity contribution is 0.392. The van der Waals surface area contributed by atoms with E-state index in [-0.39, 0.29) is 17.6 Å². The van der Waals surface area contributed by atoms with Crippen LogP contribution < -0.4 is 10.5 Å². The summed E-state index contributed by atoms with van der Waals surface area (Å²) in [4.78, 5) is 6.77. The minimum absolute atomic E-state index is 0.0982. The Morgan fingerprint density at radius 1 is 1.37 bits per heavy atom. The van der Waals surface area contributed by atoms with Gasteiger partial charge in [-0.15, -0.1) is 0 Å². The molecular weight excluding hydrogens is 264 g/mol. The van der Waals surface area contributed by atoms with E-state index in [9.17, 15) is 8.42 Å². The SMILES string of the molecule is CCc1ncc(S(=O)(=O)NCC(N)C(CC)CC)[nH]1. The zero-order chi connectivity index (χ0) is 14.5. The highest BCUT2D eigenvalue weighted by molar-refractivity contribution is 7.89. The van der Waals surface area contributed by atoms with Crippen molar-refractivity contribution in [3.63, 3.8) is 0 Å². The lowest BCUT2D eigenvalue weighted by Crippen LogP contribution is -2.41. The Hall–Kier alpha value is -0.920. The first-order chi connectivity index (χ1) is 8.94. The maximum absolute atomic E-state index is 12.0. The van der Waals surface area contributed by atoms with E-state index in [0.717, 1.165) is 12.8 Å². The van der Waals surface area contributed by atoms with Crippen molar-refractivity contribution in [1.29, 1.82) is 0 Å². The molecule has 0 fully saturated rings. The van der Waals surface area contributed by atoms with E-state index in [1.165, 1.54) is 6.20 Å². The van der Waals surface area contributed by atoms with Crippen LogP contribution in [0.1, 0.15) is 39.4 Å². The molecule has 0 spiro atoms. The Balaban J connectivity index is 2.65. The number of aromatic amines is 1. The van der Waals surface area contributed by atoms with Crippen LogP contribution >= 0.6 is 0 Å². The van der Waals surface area contributed by atoms with Crippen molar-refractivity contribution in [1.82, 2.24) is 14.7 Å². The summed E-state index contributed by atoms with van der Waals surface area (Å²) in [5.74, 6) is 0.986. The second kappa shape index (κ2) is 7.02. The zero-order valence-electron chi connectivity index (χ0n) is 11.8. The Kier molecular flexibility index (Phi) is 5.96. The molecule has 0 radical (unpaired) electrons. The van der Waals surface area contributed by atoms with Gasteiger partial charge in [0.05, 0.1) is 6.20 Å². The average Bonchev–Trinajstić information content (AvgIpc) is 2.87. The highest BCUT2D eigenvalue weighted by Crippen LogP contribution is 2.12. The molecule has 110 valence electrons. The van der Waals surface area contributed by atoms with Crippen molar-refractivity contribution in [2.45, 2.75) is 51.1 Å². The summed E-state index contributed by atoms with van der Waals surface area (Å²) < 4.78 is 26.6. The summed E-state index contributed by atoms with van der Waals surface area (Å²) in [5.41, 5.74) is 6.00. The van der Waals surface area contributed by atoms with Crippen LogP contribution in [0, 0.1) is 5.92 Å². The van der Waals surface area contributed by atoms with Gasteiger partial charge in [-0.25, -0.2) is 18.1 Å². The van der Waals surface area contributed by atoms with E-state index < -0.39 is 10.0 Å². The smallest absolute Gasteiger partial charge is 0.257 e. The third kappa shape index (κ3) is 4.29. The summed E-state index contributed by atoms with van der Waals surface area (Å²) >= 11 is 0.